The Hall–Kier alpha value is -1.78. The molecule has 0 aromatic carbocycles. The predicted molar refractivity (Wildman–Crippen MR) is 89.4 cm³/mol. The van der Waals surface area contributed by atoms with Crippen molar-refractivity contribution < 1.29 is 14.0 Å². The van der Waals surface area contributed by atoms with Crippen LogP contribution in [0.4, 0.5) is 0 Å². The Morgan fingerprint density at radius 2 is 2.00 bits per heavy atom. The van der Waals surface area contributed by atoms with Crippen molar-refractivity contribution in [3.8, 4) is 0 Å². The minimum absolute atomic E-state index is 0.0327. The van der Waals surface area contributed by atoms with Gasteiger partial charge in [0.05, 0.1) is 5.56 Å². The Labute approximate surface area is 138 Å². The molecule has 0 aliphatic heterocycles. The number of nitrogens with zero attached hydrogens (tertiary/aromatic N) is 1. The van der Waals surface area contributed by atoms with Gasteiger partial charge in [0.15, 0.2) is 0 Å². The predicted octanol–water partition coefficient (Wildman–Crippen LogP) is 3.20. The maximum absolute atomic E-state index is 12.8. The van der Waals surface area contributed by atoms with Crippen molar-refractivity contribution >= 4 is 11.8 Å². The summed E-state index contributed by atoms with van der Waals surface area (Å²) in [6, 6.07) is 2.15. The second kappa shape index (κ2) is 8.18. The third-order valence-corrected chi connectivity index (χ3v) is 4.14. The minimum Gasteiger partial charge on any atom is -0.466 e. The van der Waals surface area contributed by atoms with E-state index in [-0.39, 0.29) is 11.8 Å². The van der Waals surface area contributed by atoms with E-state index in [0.29, 0.717) is 36.9 Å². The summed E-state index contributed by atoms with van der Waals surface area (Å²) < 4.78 is 5.47. The molecule has 0 atom stereocenters. The minimum atomic E-state index is -0.0327. The van der Waals surface area contributed by atoms with E-state index in [9.17, 15) is 9.59 Å². The van der Waals surface area contributed by atoms with E-state index < -0.39 is 0 Å². The maximum atomic E-state index is 12.8. The molecule has 23 heavy (non-hydrogen) atoms. The number of nitrogens with one attached hydrogen (secondary N) is 1. The molecule has 0 saturated heterocycles. The molecule has 5 heteroatoms. The lowest BCUT2D eigenvalue weighted by Crippen LogP contribution is -2.36. The zero-order valence-electron chi connectivity index (χ0n) is 14.5. The van der Waals surface area contributed by atoms with Crippen LogP contribution in [-0.2, 0) is 4.79 Å². The van der Waals surface area contributed by atoms with Crippen molar-refractivity contribution in [2.75, 3.05) is 13.1 Å². The highest BCUT2D eigenvalue weighted by atomic mass is 16.3. The Bertz CT molecular complexity index is 546. The zero-order chi connectivity index (χ0) is 16.8. The van der Waals surface area contributed by atoms with Crippen LogP contribution in [0.3, 0.4) is 0 Å². The molecule has 0 unspecified atom stereocenters. The first-order chi connectivity index (χ1) is 11.0. The summed E-state index contributed by atoms with van der Waals surface area (Å²) in [5.41, 5.74) is 0.613. The van der Waals surface area contributed by atoms with Gasteiger partial charge in [-0.1, -0.05) is 19.8 Å². The molecule has 128 valence electrons. The summed E-state index contributed by atoms with van der Waals surface area (Å²) in [5, 5.41) is 2.98. The van der Waals surface area contributed by atoms with Gasteiger partial charge in [-0.05, 0) is 39.2 Å². The molecule has 1 aliphatic carbocycles. The fourth-order valence-corrected chi connectivity index (χ4v) is 2.65. The lowest BCUT2D eigenvalue weighted by molar-refractivity contribution is -0.121. The summed E-state index contributed by atoms with van der Waals surface area (Å²) in [7, 11) is 0. The first-order valence-corrected chi connectivity index (χ1v) is 8.67. The monoisotopic (exact) mass is 320 g/mol. The van der Waals surface area contributed by atoms with Crippen molar-refractivity contribution in [1.82, 2.24) is 10.2 Å². The van der Waals surface area contributed by atoms with Crippen molar-refractivity contribution in [1.29, 1.82) is 0 Å². The first-order valence-electron chi connectivity index (χ1n) is 8.67. The Morgan fingerprint density at radius 1 is 1.26 bits per heavy atom. The molecular formula is C18H28N2O3. The number of carbonyl (C=O) groups is 2. The Morgan fingerprint density at radius 3 is 2.57 bits per heavy atom. The molecule has 1 heterocycles. The first kappa shape index (κ1) is 17.6. The molecule has 1 aromatic rings. The van der Waals surface area contributed by atoms with E-state index in [1.54, 1.807) is 11.0 Å². The molecule has 2 amide bonds. The second-order valence-corrected chi connectivity index (χ2v) is 6.42. The molecule has 5 nitrogen and oxygen atoms in total. The number of aryl methyl sites for hydroxylation is 2. The normalized spacial score (nSPS) is 13.9. The number of carbonyl (C=O) groups excluding carboxylic acids is 2. The molecule has 1 aromatic heterocycles. The maximum Gasteiger partial charge on any atom is 0.257 e. The van der Waals surface area contributed by atoms with Crippen LogP contribution in [0.15, 0.2) is 10.5 Å². The van der Waals surface area contributed by atoms with Gasteiger partial charge in [0.2, 0.25) is 5.91 Å². The molecule has 1 fully saturated rings. The second-order valence-electron chi connectivity index (χ2n) is 6.42. The molecule has 0 radical (unpaired) electrons. The SMILES string of the molecule is CCCCCN(CCC(=O)NC1CC1)C(=O)c1cc(C)oc1C. The molecule has 1 saturated carbocycles. The highest BCUT2D eigenvalue weighted by Gasteiger charge is 2.24. The Kier molecular flexibility index (Phi) is 6.25. The molecule has 2 rings (SSSR count). The topological polar surface area (TPSA) is 62.6 Å². The van der Waals surface area contributed by atoms with Crippen LogP contribution in [-0.4, -0.2) is 35.8 Å². The summed E-state index contributed by atoms with van der Waals surface area (Å²) in [5.74, 6) is 1.40. The van der Waals surface area contributed by atoms with Crippen molar-refractivity contribution in [2.24, 2.45) is 0 Å². The van der Waals surface area contributed by atoms with Gasteiger partial charge in [0.1, 0.15) is 11.5 Å². The standard InChI is InChI=1S/C18H28N2O3/c1-4-5-6-10-20(11-9-17(21)19-15-7-8-15)18(22)16-12-13(2)23-14(16)3/h12,15H,4-11H2,1-3H3,(H,19,21). The van der Waals surface area contributed by atoms with Crippen LogP contribution in [0.2, 0.25) is 0 Å². The highest BCUT2D eigenvalue weighted by molar-refractivity contribution is 5.95. The van der Waals surface area contributed by atoms with Crippen molar-refractivity contribution in [3.05, 3.63) is 23.2 Å². The number of amides is 2. The fraction of sp³-hybridized carbons (Fsp3) is 0.667. The molecule has 0 bridgehead atoms. The average Bonchev–Trinajstić information content (AvgIpc) is 3.24. The molecule has 1 aliphatic rings. The molecule has 1 N–H and O–H groups in total. The fourth-order valence-electron chi connectivity index (χ4n) is 2.65. The quantitative estimate of drug-likeness (QED) is 0.711. The molecular weight excluding hydrogens is 292 g/mol. The van der Waals surface area contributed by atoms with Crippen LogP contribution in [0.1, 0.15) is 67.3 Å². The van der Waals surface area contributed by atoms with Crippen LogP contribution < -0.4 is 5.32 Å². The number of furan rings is 1. The van der Waals surface area contributed by atoms with E-state index in [1.165, 1.54) is 0 Å². The van der Waals surface area contributed by atoms with Gasteiger partial charge >= 0.3 is 0 Å². The number of hydrogen-bond donors (Lipinski definition) is 1. The van der Waals surface area contributed by atoms with E-state index in [1.807, 2.05) is 13.8 Å². The highest BCUT2D eigenvalue weighted by Crippen LogP contribution is 2.19. The van der Waals surface area contributed by atoms with Gasteiger partial charge in [-0.2, -0.15) is 0 Å². The van der Waals surface area contributed by atoms with Crippen LogP contribution >= 0.6 is 0 Å². The van der Waals surface area contributed by atoms with E-state index in [0.717, 1.165) is 37.9 Å². The van der Waals surface area contributed by atoms with E-state index >= 15 is 0 Å². The van der Waals surface area contributed by atoms with Gasteiger partial charge in [-0.3, -0.25) is 9.59 Å². The van der Waals surface area contributed by atoms with Gasteiger partial charge < -0.3 is 14.6 Å². The van der Waals surface area contributed by atoms with Crippen molar-refractivity contribution in [2.45, 2.75) is 65.3 Å². The third-order valence-electron chi connectivity index (χ3n) is 4.14. The summed E-state index contributed by atoms with van der Waals surface area (Å²) in [6.07, 6.45) is 5.68. The zero-order valence-corrected chi connectivity index (χ0v) is 14.5. The van der Waals surface area contributed by atoms with Crippen LogP contribution in [0.25, 0.3) is 0 Å². The average molecular weight is 320 g/mol. The smallest absolute Gasteiger partial charge is 0.257 e. The summed E-state index contributed by atoms with van der Waals surface area (Å²) in [6.45, 7) is 6.94. The Balaban J connectivity index is 1.95. The number of unbranched alkanes of at least 4 members (excludes halogenated alkanes) is 2. The summed E-state index contributed by atoms with van der Waals surface area (Å²) in [4.78, 5) is 26.4. The number of hydrogen-bond acceptors (Lipinski definition) is 3. The lowest BCUT2D eigenvalue weighted by atomic mass is 10.2. The summed E-state index contributed by atoms with van der Waals surface area (Å²) >= 11 is 0. The van der Waals surface area contributed by atoms with Gasteiger partial charge in [-0.25, -0.2) is 0 Å². The van der Waals surface area contributed by atoms with E-state index in [4.69, 9.17) is 4.42 Å². The van der Waals surface area contributed by atoms with Crippen LogP contribution in [0.5, 0.6) is 0 Å². The van der Waals surface area contributed by atoms with E-state index in [2.05, 4.69) is 12.2 Å². The van der Waals surface area contributed by atoms with Gasteiger partial charge in [0, 0.05) is 25.6 Å². The largest absolute Gasteiger partial charge is 0.466 e. The lowest BCUT2D eigenvalue weighted by Gasteiger charge is -2.22. The van der Waals surface area contributed by atoms with Crippen molar-refractivity contribution in [3.63, 3.8) is 0 Å². The van der Waals surface area contributed by atoms with Gasteiger partial charge in [-0.15, -0.1) is 0 Å². The number of rotatable bonds is 9. The third kappa shape index (κ3) is 5.41. The van der Waals surface area contributed by atoms with Crippen LogP contribution in [0, 0.1) is 13.8 Å². The molecule has 0 spiro atoms. The van der Waals surface area contributed by atoms with Gasteiger partial charge in [0.25, 0.3) is 5.91 Å².